The number of carbonyl (C=O) groups is 1. The number of carbonyl (C=O) groups excluding carboxylic acids is 1. The Labute approximate surface area is 108 Å². The van der Waals surface area contributed by atoms with Crippen LogP contribution in [-0.4, -0.2) is 17.9 Å². The number of nitrogens with two attached hydrogens (primary N) is 1. The fourth-order valence-corrected chi connectivity index (χ4v) is 2.35. The fourth-order valence-electron chi connectivity index (χ4n) is 2.35. The molecule has 0 aliphatic carbocycles. The molecule has 0 aromatic heterocycles. The van der Waals surface area contributed by atoms with Crippen molar-refractivity contribution in [2.45, 2.75) is 32.9 Å². The van der Waals surface area contributed by atoms with E-state index in [1.807, 2.05) is 49.4 Å². The van der Waals surface area contributed by atoms with Crippen molar-refractivity contribution in [1.82, 2.24) is 0 Å². The predicted molar refractivity (Wildman–Crippen MR) is 74.8 cm³/mol. The van der Waals surface area contributed by atoms with E-state index in [2.05, 4.69) is 19.2 Å². The summed E-state index contributed by atoms with van der Waals surface area (Å²) in [7, 11) is 0. The molecule has 2 aromatic rings. The zero-order valence-corrected chi connectivity index (χ0v) is 11.2. The lowest BCUT2D eigenvalue weighted by molar-refractivity contribution is -0.699. The number of rotatable bonds is 4. The maximum atomic E-state index is 12.5. The first-order valence-electron chi connectivity index (χ1n) is 6.46. The average Bonchev–Trinajstić information content (AvgIpc) is 2.36. The second-order valence-electron chi connectivity index (χ2n) is 5.12. The lowest BCUT2D eigenvalue weighted by Gasteiger charge is -2.13. The molecular weight excluding hydrogens is 222 g/mol. The molecule has 0 fully saturated rings. The minimum atomic E-state index is -0.0317. The second-order valence-corrected chi connectivity index (χ2v) is 5.12. The molecule has 0 unspecified atom stereocenters. The molecule has 0 heterocycles. The highest BCUT2D eigenvalue weighted by Gasteiger charge is 2.20. The SMILES string of the molecule is CC(C)[NH2+][C@@H](C)C(=O)c1cccc2ccccc12. The van der Waals surface area contributed by atoms with E-state index in [9.17, 15) is 4.79 Å². The van der Waals surface area contributed by atoms with Gasteiger partial charge in [0, 0.05) is 5.56 Å². The first kappa shape index (κ1) is 12.8. The van der Waals surface area contributed by atoms with Gasteiger partial charge in [-0.05, 0) is 31.5 Å². The lowest BCUT2D eigenvalue weighted by atomic mass is 9.98. The van der Waals surface area contributed by atoms with Gasteiger partial charge in [0.25, 0.3) is 0 Å². The minimum Gasteiger partial charge on any atom is -0.336 e. The van der Waals surface area contributed by atoms with Gasteiger partial charge in [-0.3, -0.25) is 4.79 Å². The summed E-state index contributed by atoms with van der Waals surface area (Å²) in [4.78, 5) is 12.5. The molecule has 94 valence electrons. The summed E-state index contributed by atoms with van der Waals surface area (Å²) in [5, 5.41) is 4.28. The van der Waals surface area contributed by atoms with Crippen LogP contribution in [0, 0.1) is 0 Å². The van der Waals surface area contributed by atoms with E-state index in [1.165, 1.54) is 0 Å². The Morgan fingerprint density at radius 2 is 1.67 bits per heavy atom. The monoisotopic (exact) mass is 242 g/mol. The summed E-state index contributed by atoms with van der Waals surface area (Å²) in [6.07, 6.45) is 0. The number of quaternary nitrogens is 1. The van der Waals surface area contributed by atoms with Crippen molar-refractivity contribution in [3.05, 3.63) is 48.0 Å². The molecule has 0 amide bonds. The molecule has 0 bridgehead atoms. The molecular formula is C16H20NO+. The van der Waals surface area contributed by atoms with Gasteiger partial charge in [-0.25, -0.2) is 0 Å². The summed E-state index contributed by atoms with van der Waals surface area (Å²) in [5.41, 5.74) is 0.831. The fraction of sp³-hybridized carbons (Fsp3) is 0.312. The van der Waals surface area contributed by atoms with Crippen LogP contribution in [0.2, 0.25) is 0 Å². The highest BCUT2D eigenvalue weighted by atomic mass is 16.1. The van der Waals surface area contributed by atoms with Crippen LogP contribution < -0.4 is 5.32 Å². The zero-order valence-electron chi connectivity index (χ0n) is 11.2. The molecule has 1 atom stereocenters. The van der Waals surface area contributed by atoms with Crippen molar-refractivity contribution in [2.24, 2.45) is 0 Å². The van der Waals surface area contributed by atoms with Crippen LogP contribution in [0.25, 0.3) is 10.8 Å². The third kappa shape index (κ3) is 2.59. The maximum absolute atomic E-state index is 12.5. The summed E-state index contributed by atoms with van der Waals surface area (Å²) >= 11 is 0. The van der Waals surface area contributed by atoms with Crippen LogP contribution in [0.4, 0.5) is 0 Å². The molecule has 0 radical (unpaired) electrons. The zero-order chi connectivity index (χ0) is 13.1. The summed E-state index contributed by atoms with van der Waals surface area (Å²) in [5.74, 6) is 0.209. The maximum Gasteiger partial charge on any atom is 0.220 e. The second kappa shape index (κ2) is 5.32. The summed E-state index contributed by atoms with van der Waals surface area (Å²) < 4.78 is 0. The van der Waals surface area contributed by atoms with Crippen molar-refractivity contribution in [1.29, 1.82) is 0 Å². The van der Waals surface area contributed by atoms with Gasteiger partial charge < -0.3 is 5.32 Å². The lowest BCUT2D eigenvalue weighted by Crippen LogP contribution is -2.94. The smallest absolute Gasteiger partial charge is 0.220 e. The Hall–Kier alpha value is -1.67. The highest BCUT2D eigenvalue weighted by Crippen LogP contribution is 2.19. The first-order chi connectivity index (χ1) is 8.59. The van der Waals surface area contributed by atoms with Crippen LogP contribution in [0.5, 0.6) is 0 Å². The standard InChI is InChI=1S/C16H19NO/c1-11(2)17-12(3)16(18)15-10-6-8-13-7-4-5-9-14(13)15/h4-12,17H,1-3H3/p+1/t12-/m0/s1. The van der Waals surface area contributed by atoms with Crippen molar-refractivity contribution in [3.8, 4) is 0 Å². The molecule has 0 spiro atoms. The molecule has 2 N–H and O–H groups in total. The number of ketones is 1. The van der Waals surface area contributed by atoms with Gasteiger partial charge in [0.2, 0.25) is 5.78 Å². The highest BCUT2D eigenvalue weighted by molar-refractivity contribution is 6.09. The van der Waals surface area contributed by atoms with Crippen LogP contribution >= 0.6 is 0 Å². The van der Waals surface area contributed by atoms with Gasteiger partial charge in [0.05, 0.1) is 6.04 Å². The van der Waals surface area contributed by atoms with Gasteiger partial charge >= 0.3 is 0 Å². The number of benzene rings is 2. The largest absolute Gasteiger partial charge is 0.336 e. The molecule has 0 saturated heterocycles. The van der Waals surface area contributed by atoms with E-state index in [1.54, 1.807) is 0 Å². The molecule has 0 saturated carbocycles. The van der Waals surface area contributed by atoms with Gasteiger partial charge in [-0.15, -0.1) is 0 Å². The normalized spacial score (nSPS) is 12.9. The number of Topliss-reactive ketones (excluding diaryl/α,β-unsaturated/α-hetero) is 1. The van der Waals surface area contributed by atoms with Crippen LogP contribution in [0.3, 0.4) is 0 Å². The Balaban J connectivity index is 2.39. The molecule has 2 aromatic carbocycles. The van der Waals surface area contributed by atoms with Gasteiger partial charge in [0.15, 0.2) is 0 Å². The van der Waals surface area contributed by atoms with E-state index in [0.717, 1.165) is 16.3 Å². The topological polar surface area (TPSA) is 33.7 Å². The van der Waals surface area contributed by atoms with Crippen molar-refractivity contribution >= 4 is 16.6 Å². The van der Waals surface area contributed by atoms with Crippen molar-refractivity contribution in [3.63, 3.8) is 0 Å². The summed E-state index contributed by atoms with van der Waals surface area (Å²) in [6.45, 7) is 6.18. The molecule has 0 aliphatic heterocycles. The van der Waals surface area contributed by atoms with E-state index in [0.29, 0.717) is 6.04 Å². The van der Waals surface area contributed by atoms with E-state index >= 15 is 0 Å². The quantitative estimate of drug-likeness (QED) is 0.821. The number of fused-ring (bicyclic) bond motifs is 1. The molecule has 2 heteroatoms. The van der Waals surface area contributed by atoms with Crippen LogP contribution in [-0.2, 0) is 0 Å². The molecule has 0 aliphatic rings. The molecule has 18 heavy (non-hydrogen) atoms. The summed E-state index contributed by atoms with van der Waals surface area (Å²) in [6, 6.07) is 14.4. The van der Waals surface area contributed by atoms with E-state index in [-0.39, 0.29) is 11.8 Å². The van der Waals surface area contributed by atoms with Crippen LogP contribution in [0.1, 0.15) is 31.1 Å². The minimum absolute atomic E-state index is 0.0317. The Bertz CT molecular complexity index is 555. The van der Waals surface area contributed by atoms with Crippen molar-refractivity contribution in [2.75, 3.05) is 0 Å². The van der Waals surface area contributed by atoms with Gasteiger partial charge in [-0.2, -0.15) is 0 Å². The van der Waals surface area contributed by atoms with Crippen LogP contribution in [0.15, 0.2) is 42.5 Å². The number of hydrogen-bond donors (Lipinski definition) is 1. The molecule has 2 nitrogen and oxygen atoms in total. The van der Waals surface area contributed by atoms with E-state index < -0.39 is 0 Å². The Morgan fingerprint density at radius 1 is 1.00 bits per heavy atom. The predicted octanol–water partition coefficient (Wildman–Crippen LogP) is 2.38. The van der Waals surface area contributed by atoms with Crippen molar-refractivity contribution < 1.29 is 10.1 Å². The average molecular weight is 242 g/mol. The third-order valence-corrected chi connectivity index (χ3v) is 3.14. The first-order valence-corrected chi connectivity index (χ1v) is 6.46. The Morgan fingerprint density at radius 3 is 2.39 bits per heavy atom. The van der Waals surface area contributed by atoms with Gasteiger partial charge in [0.1, 0.15) is 6.04 Å². The Kier molecular flexibility index (Phi) is 3.78. The van der Waals surface area contributed by atoms with E-state index in [4.69, 9.17) is 0 Å². The molecule has 2 rings (SSSR count). The van der Waals surface area contributed by atoms with Gasteiger partial charge in [-0.1, -0.05) is 42.5 Å². The number of hydrogen-bond acceptors (Lipinski definition) is 1. The third-order valence-electron chi connectivity index (χ3n) is 3.14.